The molecule has 1 saturated heterocycles. The quantitative estimate of drug-likeness (QED) is 0.858. The van der Waals surface area contributed by atoms with Crippen molar-refractivity contribution in [1.82, 2.24) is 0 Å². The van der Waals surface area contributed by atoms with E-state index in [2.05, 4.69) is 17.1 Å². The summed E-state index contributed by atoms with van der Waals surface area (Å²) >= 11 is 0. The zero-order valence-corrected chi connectivity index (χ0v) is 10.7. The monoisotopic (exact) mass is 248 g/mol. The van der Waals surface area contributed by atoms with E-state index < -0.39 is 6.61 Å². The molecule has 0 aliphatic carbocycles. The number of hydrogen-bond acceptors (Lipinski definition) is 3. The number of nitrogens with zero attached hydrogens (tertiary/aromatic N) is 1. The van der Waals surface area contributed by atoms with E-state index in [0.717, 1.165) is 24.7 Å². The van der Waals surface area contributed by atoms with Gasteiger partial charge in [0.2, 0.25) is 5.91 Å². The lowest BCUT2D eigenvalue weighted by Crippen LogP contribution is -2.32. The normalized spacial score (nSPS) is 16.7. The Morgan fingerprint density at radius 3 is 2.50 bits per heavy atom. The number of carbonyl (C=O) groups excluding carboxylic acids is 1. The summed E-state index contributed by atoms with van der Waals surface area (Å²) in [6.45, 7) is 4.02. The van der Waals surface area contributed by atoms with E-state index in [1.54, 1.807) is 0 Å². The Morgan fingerprint density at radius 1 is 1.33 bits per heavy atom. The molecule has 1 amide bonds. The standard InChI is InChI=1S/C14H20N2O2/c1-11-6-8-16(9-7-11)13-4-2-12(3-5-13)15-14(18)10-17/h2-5,11,17H,6-10H2,1H3,(H,15,18). The first-order valence-electron chi connectivity index (χ1n) is 6.45. The second kappa shape index (κ2) is 5.87. The highest BCUT2D eigenvalue weighted by Crippen LogP contribution is 2.24. The largest absolute Gasteiger partial charge is 0.387 e. The van der Waals surface area contributed by atoms with Crippen molar-refractivity contribution in [3.8, 4) is 0 Å². The molecule has 1 aromatic carbocycles. The smallest absolute Gasteiger partial charge is 0.250 e. The van der Waals surface area contributed by atoms with Gasteiger partial charge in [-0.1, -0.05) is 6.92 Å². The molecule has 0 bridgehead atoms. The van der Waals surface area contributed by atoms with Crippen LogP contribution in [0.15, 0.2) is 24.3 Å². The van der Waals surface area contributed by atoms with Gasteiger partial charge in [-0.3, -0.25) is 4.79 Å². The van der Waals surface area contributed by atoms with E-state index >= 15 is 0 Å². The van der Waals surface area contributed by atoms with Crippen molar-refractivity contribution in [2.45, 2.75) is 19.8 Å². The van der Waals surface area contributed by atoms with Crippen molar-refractivity contribution in [1.29, 1.82) is 0 Å². The van der Waals surface area contributed by atoms with Gasteiger partial charge in [-0.2, -0.15) is 0 Å². The first-order valence-corrected chi connectivity index (χ1v) is 6.45. The number of hydrogen-bond donors (Lipinski definition) is 2. The average molecular weight is 248 g/mol. The minimum Gasteiger partial charge on any atom is -0.387 e. The van der Waals surface area contributed by atoms with E-state index in [9.17, 15) is 4.79 Å². The molecule has 1 aliphatic heterocycles. The maximum atomic E-state index is 11.0. The summed E-state index contributed by atoms with van der Waals surface area (Å²) in [6.07, 6.45) is 2.48. The van der Waals surface area contributed by atoms with Crippen LogP contribution in [0.2, 0.25) is 0 Å². The molecule has 1 aliphatic rings. The number of carbonyl (C=O) groups is 1. The number of nitrogens with one attached hydrogen (secondary N) is 1. The fourth-order valence-electron chi connectivity index (χ4n) is 2.22. The minimum atomic E-state index is -0.480. The van der Waals surface area contributed by atoms with Crippen molar-refractivity contribution in [2.75, 3.05) is 29.9 Å². The van der Waals surface area contributed by atoms with Crippen molar-refractivity contribution < 1.29 is 9.90 Å². The number of anilines is 2. The molecule has 0 spiro atoms. The van der Waals surface area contributed by atoms with Gasteiger partial charge in [-0.25, -0.2) is 0 Å². The Hall–Kier alpha value is -1.55. The lowest BCUT2D eigenvalue weighted by molar-refractivity contribution is -0.118. The molecule has 2 rings (SSSR count). The Bertz CT molecular complexity index is 395. The zero-order chi connectivity index (χ0) is 13.0. The molecular formula is C14H20N2O2. The fraction of sp³-hybridized carbons (Fsp3) is 0.500. The highest BCUT2D eigenvalue weighted by atomic mass is 16.3. The van der Waals surface area contributed by atoms with Crippen molar-refractivity contribution in [3.63, 3.8) is 0 Å². The van der Waals surface area contributed by atoms with Crippen LogP contribution >= 0.6 is 0 Å². The minimum absolute atomic E-state index is 0.380. The van der Waals surface area contributed by atoms with Crippen LogP contribution in [0.5, 0.6) is 0 Å². The van der Waals surface area contributed by atoms with Crippen molar-refractivity contribution in [3.05, 3.63) is 24.3 Å². The molecular weight excluding hydrogens is 228 g/mol. The van der Waals surface area contributed by atoms with Crippen LogP contribution in [0, 0.1) is 5.92 Å². The number of aliphatic hydroxyl groups excluding tert-OH is 1. The molecule has 1 aromatic rings. The summed E-state index contributed by atoms with van der Waals surface area (Å²) < 4.78 is 0. The maximum Gasteiger partial charge on any atom is 0.250 e. The number of rotatable bonds is 3. The Balaban J connectivity index is 1.97. The summed E-state index contributed by atoms with van der Waals surface area (Å²) in [5, 5.41) is 11.3. The SMILES string of the molecule is CC1CCN(c2ccc(NC(=O)CO)cc2)CC1. The summed E-state index contributed by atoms with van der Waals surface area (Å²) in [5.41, 5.74) is 1.92. The highest BCUT2D eigenvalue weighted by Gasteiger charge is 2.15. The average Bonchev–Trinajstić information content (AvgIpc) is 2.40. The van der Waals surface area contributed by atoms with Crippen LogP contribution in [-0.2, 0) is 4.79 Å². The molecule has 0 atom stereocenters. The Kier molecular flexibility index (Phi) is 4.20. The molecule has 1 fully saturated rings. The Labute approximate surface area is 108 Å². The number of aliphatic hydroxyl groups is 1. The lowest BCUT2D eigenvalue weighted by Gasteiger charge is -2.32. The maximum absolute atomic E-state index is 11.0. The molecule has 1 heterocycles. The van der Waals surface area contributed by atoms with Gasteiger partial charge in [0.1, 0.15) is 6.61 Å². The highest BCUT2D eigenvalue weighted by molar-refractivity contribution is 5.91. The molecule has 0 unspecified atom stereocenters. The van der Waals surface area contributed by atoms with Gasteiger partial charge in [-0.05, 0) is 43.0 Å². The van der Waals surface area contributed by atoms with Gasteiger partial charge >= 0.3 is 0 Å². The second-order valence-corrected chi connectivity index (χ2v) is 4.92. The van der Waals surface area contributed by atoms with Gasteiger partial charge in [0.15, 0.2) is 0 Å². The number of amides is 1. The molecule has 0 radical (unpaired) electrons. The van der Waals surface area contributed by atoms with Gasteiger partial charge in [-0.15, -0.1) is 0 Å². The second-order valence-electron chi connectivity index (χ2n) is 4.92. The number of benzene rings is 1. The van der Waals surface area contributed by atoms with Crippen molar-refractivity contribution in [2.24, 2.45) is 5.92 Å². The molecule has 4 nitrogen and oxygen atoms in total. The first-order chi connectivity index (χ1) is 8.69. The van der Waals surface area contributed by atoms with E-state index in [4.69, 9.17) is 5.11 Å². The van der Waals surface area contributed by atoms with Gasteiger partial charge in [0, 0.05) is 24.5 Å². The summed E-state index contributed by atoms with van der Waals surface area (Å²) in [6, 6.07) is 7.79. The van der Waals surface area contributed by atoms with Gasteiger partial charge in [0.05, 0.1) is 0 Å². The summed E-state index contributed by atoms with van der Waals surface area (Å²) in [7, 11) is 0. The molecule has 2 N–H and O–H groups in total. The predicted octanol–water partition coefficient (Wildman–Crippen LogP) is 1.85. The molecule has 18 heavy (non-hydrogen) atoms. The van der Waals surface area contributed by atoms with E-state index in [-0.39, 0.29) is 5.91 Å². The van der Waals surface area contributed by atoms with Crippen LogP contribution in [0.4, 0.5) is 11.4 Å². The van der Waals surface area contributed by atoms with Crippen LogP contribution < -0.4 is 10.2 Å². The fourth-order valence-corrected chi connectivity index (χ4v) is 2.22. The number of piperidine rings is 1. The third-order valence-electron chi connectivity index (χ3n) is 3.44. The molecule has 4 heteroatoms. The van der Waals surface area contributed by atoms with Crippen molar-refractivity contribution >= 4 is 17.3 Å². The summed E-state index contributed by atoms with van der Waals surface area (Å²) in [4.78, 5) is 13.4. The molecule has 98 valence electrons. The third kappa shape index (κ3) is 3.23. The third-order valence-corrected chi connectivity index (χ3v) is 3.44. The van der Waals surface area contributed by atoms with E-state index in [1.807, 2.05) is 24.3 Å². The van der Waals surface area contributed by atoms with Gasteiger partial charge < -0.3 is 15.3 Å². The lowest BCUT2D eigenvalue weighted by atomic mass is 9.99. The first kappa shape index (κ1) is 12.9. The predicted molar refractivity (Wildman–Crippen MR) is 72.8 cm³/mol. The molecule has 0 aromatic heterocycles. The van der Waals surface area contributed by atoms with Crippen LogP contribution in [0.1, 0.15) is 19.8 Å². The topological polar surface area (TPSA) is 52.6 Å². The van der Waals surface area contributed by atoms with Crippen LogP contribution in [0.3, 0.4) is 0 Å². The van der Waals surface area contributed by atoms with Crippen LogP contribution in [0.25, 0.3) is 0 Å². The van der Waals surface area contributed by atoms with Gasteiger partial charge in [0.25, 0.3) is 0 Å². The van der Waals surface area contributed by atoms with E-state index in [0.29, 0.717) is 0 Å². The Morgan fingerprint density at radius 2 is 1.94 bits per heavy atom. The summed E-state index contributed by atoms with van der Waals surface area (Å²) in [5.74, 6) is 0.443. The van der Waals surface area contributed by atoms with E-state index in [1.165, 1.54) is 18.5 Å². The van der Waals surface area contributed by atoms with Crippen LogP contribution in [-0.4, -0.2) is 30.7 Å². The molecule has 0 saturated carbocycles. The zero-order valence-electron chi connectivity index (χ0n) is 10.7.